The van der Waals surface area contributed by atoms with Gasteiger partial charge < -0.3 is 39.8 Å². The summed E-state index contributed by atoms with van der Waals surface area (Å²) >= 11 is 22.1. The van der Waals surface area contributed by atoms with Crippen LogP contribution in [0.3, 0.4) is 0 Å². The topological polar surface area (TPSA) is 238 Å². The molecule has 2 rings (SSSR count). The first-order valence-electron chi connectivity index (χ1n) is 15.8. The minimum atomic E-state index is -1.52. The molecule has 16 nitrogen and oxygen atoms in total. The second-order valence-electron chi connectivity index (χ2n) is 11.0. The average Bonchev–Trinajstić information content (AvgIpc) is 3.13. The summed E-state index contributed by atoms with van der Waals surface area (Å²) in [5.41, 5.74) is 0.836. The van der Waals surface area contributed by atoms with E-state index in [1.807, 2.05) is 0 Å². The van der Waals surface area contributed by atoms with Crippen LogP contribution >= 0.6 is 46.4 Å². The summed E-state index contributed by atoms with van der Waals surface area (Å²) < 4.78 is 21.2. The maximum Gasteiger partial charge on any atom is 0.334 e. The lowest BCUT2D eigenvalue weighted by atomic mass is 10.1. The second kappa shape index (κ2) is 22.9. The van der Waals surface area contributed by atoms with Gasteiger partial charge in [0, 0.05) is 12.8 Å². The number of amides is 2. The Morgan fingerprint density at radius 1 is 0.618 bits per heavy atom. The van der Waals surface area contributed by atoms with Crippen molar-refractivity contribution in [3.63, 3.8) is 0 Å². The van der Waals surface area contributed by atoms with Crippen LogP contribution in [-0.2, 0) is 38.4 Å². The molecule has 0 radical (unpaired) electrons. The van der Waals surface area contributed by atoms with Crippen molar-refractivity contribution in [3.05, 3.63) is 59.7 Å². The lowest BCUT2D eigenvalue weighted by molar-refractivity contribution is -0.142. The van der Waals surface area contributed by atoms with E-state index < -0.39 is 88.3 Å². The van der Waals surface area contributed by atoms with Crippen LogP contribution in [0.1, 0.15) is 43.2 Å². The lowest BCUT2D eigenvalue weighted by Crippen LogP contribution is -2.45. The van der Waals surface area contributed by atoms with Gasteiger partial charge in [-0.25, -0.2) is 9.59 Å². The first kappa shape index (κ1) is 46.0. The van der Waals surface area contributed by atoms with E-state index in [1.165, 1.54) is 62.8 Å². The van der Waals surface area contributed by atoms with Crippen molar-refractivity contribution in [1.82, 2.24) is 10.6 Å². The highest BCUT2D eigenvalue weighted by Gasteiger charge is 2.28. The number of carbonyl (C=O) groups excluding carboxylic acids is 6. The van der Waals surface area contributed by atoms with E-state index in [-0.39, 0.29) is 35.8 Å². The minimum Gasteiger partial charge on any atom is -0.493 e. The van der Waals surface area contributed by atoms with Crippen LogP contribution in [-0.4, -0.2) is 93.4 Å². The number of hydrogen-bond donors (Lipinski definition) is 4. The van der Waals surface area contributed by atoms with Gasteiger partial charge in [0.1, 0.15) is 12.1 Å². The van der Waals surface area contributed by atoms with Gasteiger partial charge in [-0.3, -0.25) is 28.8 Å². The highest BCUT2D eigenvalue weighted by atomic mass is 35.5. The number of ketones is 2. The maximum atomic E-state index is 12.8. The van der Waals surface area contributed by atoms with Crippen LogP contribution in [0, 0.1) is 0 Å². The molecule has 2 amide bonds. The zero-order chi connectivity index (χ0) is 41.2. The number of aliphatic carboxylic acids is 2. The Kier molecular flexibility index (Phi) is 19.2. The standard InChI is InChI=1S/C35H34Cl4N2O14/c1-52-26-15-18(5-11-24(26)54-34(50)22(9-13-28(44)45)40-32(48)30(36)37)3-7-20(42)17-21(43)8-4-19-6-12-25(27(16-19)53-2)55-35(51)23(10-14-29(46)47)41-33(49)31(38)39/h3-8,11-12,15-16,22-23,30-31H,9-10,13-14,17H2,1-2H3,(H,40,48)(H,41,49)(H,44,45)(H,46,47)/b7-3+,8-4+/t22-,23-/m0/s1. The number of allylic oxidation sites excluding steroid dienone is 2. The summed E-state index contributed by atoms with van der Waals surface area (Å²) in [7, 11) is 2.56. The van der Waals surface area contributed by atoms with Crippen LogP contribution in [0.5, 0.6) is 23.0 Å². The number of methoxy groups -OCH3 is 2. The Bertz CT molecular complexity index is 1700. The molecular formula is C35H34Cl4N2O14. The van der Waals surface area contributed by atoms with E-state index in [0.29, 0.717) is 11.1 Å². The van der Waals surface area contributed by atoms with Crippen molar-refractivity contribution < 1.29 is 67.5 Å². The van der Waals surface area contributed by atoms with E-state index in [9.17, 15) is 38.4 Å². The number of rotatable bonds is 22. The molecule has 0 aliphatic carbocycles. The summed E-state index contributed by atoms with van der Waals surface area (Å²) in [5.74, 6) is -7.49. The lowest BCUT2D eigenvalue weighted by Gasteiger charge is -2.18. The largest absolute Gasteiger partial charge is 0.493 e. The predicted octanol–water partition coefficient (Wildman–Crippen LogP) is 4.08. The summed E-state index contributed by atoms with van der Waals surface area (Å²) in [5, 5.41) is 22.4. The fourth-order valence-electron chi connectivity index (χ4n) is 4.27. The number of esters is 2. The third kappa shape index (κ3) is 16.4. The number of alkyl halides is 4. The van der Waals surface area contributed by atoms with E-state index in [2.05, 4.69) is 10.6 Å². The Morgan fingerprint density at radius 2 is 0.982 bits per heavy atom. The van der Waals surface area contributed by atoms with Crippen LogP contribution in [0.2, 0.25) is 0 Å². The number of hydrogen-bond acceptors (Lipinski definition) is 12. The highest BCUT2D eigenvalue weighted by Crippen LogP contribution is 2.30. The van der Waals surface area contributed by atoms with Crippen LogP contribution in [0.15, 0.2) is 48.6 Å². The Hall–Kier alpha value is -5.16. The second-order valence-corrected chi connectivity index (χ2v) is 13.2. The molecule has 2 aromatic carbocycles. The van der Waals surface area contributed by atoms with Crippen molar-refractivity contribution in [1.29, 1.82) is 0 Å². The maximum absolute atomic E-state index is 12.8. The molecule has 4 N–H and O–H groups in total. The summed E-state index contributed by atoms with van der Waals surface area (Å²) in [6.07, 6.45) is 3.00. The molecule has 2 aromatic rings. The zero-order valence-corrected chi connectivity index (χ0v) is 31.9. The van der Waals surface area contributed by atoms with Gasteiger partial charge in [0.25, 0.3) is 11.8 Å². The molecule has 0 spiro atoms. The number of nitrogens with one attached hydrogen (secondary N) is 2. The molecule has 0 fully saturated rings. The first-order chi connectivity index (χ1) is 25.9. The number of carboxylic acid groups (broad SMARTS) is 2. The van der Waals surface area contributed by atoms with Gasteiger partial charge in [0.15, 0.2) is 44.2 Å². The molecule has 0 heterocycles. The number of benzene rings is 2. The predicted molar refractivity (Wildman–Crippen MR) is 199 cm³/mol. The Labute approximate surface area is 333 Å². The monoisotopic (exact) mass is 846 g/mol. The molecule has 0 saturated heterocycles. The van der Waals surface area contributed by atoms with E-state index in [0.717, 1.165) is 12.2 Å². The third-order valence-corrected chi connectivity index (χ3v) is 7.75. The third-order valence-electron chi connectivity index (χ3n) is 6.96. The van der Waals surface area contributed by atoms with Crippen LogP contribution in [0.4, 0.5) is 0 Å². The Balaban J connectivity index is 2.07. The van der Waals surface area contributed by atoms with Gasteiger partial charge >= 0.3 is 23.9 Å². The first-order valence-corrected chi connectivity index (χ1v) is 17.5. The summed E-state index contributed by atoms with van der Waals surface area (Å²) in [6, 6.07) is 5.66. The average molecular weight is 848 g/mol. The fourth-order valence-corrected chi connectivity index (χ4v) is 4.53. The molecule has 55 heavy (non-hydrogen) atoms. The molecule has 20 heteroatoms. The molecule has 296 valence electrons. The molecular weight excluding hydrogens is 814 g/mol. The normalized spacial score (nSPS) is 12.2. The molecule has 0 saturated carbocycles. The van der Waals surface area contributed by atoms with Crippen molar-refractivity contribution in [2.24, 2.45) is 0 Å². The summed E-state index contributed by atoms with van der Waals surface area (Å²) in [4.78, 5) is 93.4. The Morgan fingerprint density at radius 3 is 1.29 bits per heavy atom. The minimum absolute atomic E-state index is 0.0506. The van der Waals surface area contributed by atoms with Crippen molar-refractivity contribution >= 4 is 106 Å². The van der Waals surface area contributed by atoms with Gasteiger partial charge in [-0.05, 0) is 60.4 Å². The number of carboxylic acids is 2. The number of halogens is 4. The van der Waals surface area contributed by atoms with Gasteiger partial charge in [0.05, 0.1) is 20.6 Å². The van der Waals surface area contributed by atoms with Crippen LogP contribution in [0.25, 0.3) is 12.2 Å². The van der Waals surface area contributed by atoms with Gasteiger partial charge in [-0.1, -0.05) is 70.7 Å². The molecule has 0 aliphatic heterocycles. The van der Waals surface area contributed by atoms with Crippen molar-refractivity contribution in [3.8, 4) is 23.0 Å². The number of ether oxygens (including phenoxy) is 4. The van der Waals surface area contributed by atoms with E-state index in [4.69, 9.17) is 75.6 Å². The van der Waals surface area contributed by atoms with E-state index >= 15 is 0 Å². The highest BCUT2D eigenvalue weighted by molar-refractivity contribution is 6.54. The van der Waals surface area contributed by atoms with Gasteiger partial charge in [-0.2, -0.15) is 0 Å². The molecule has 0 aromatic heterocycles. The van der Waals surface area contributed by atoms with E-state index in [1.54, 1.807) is 0 Å². The molecule has 0 unspecified atom stereocenters. The van der Waals surface area contributed by atoms with Gasteiger partial charge in [-0.15, -0.1) is 0 Å². The quantitative estimate of drug-likeness (QED) is 0.0430. The number of carbonyl (C=O) groups is 8. The SMILES string of the molecule is COc1cc(/C=C/C(=O)CC(=O)/C=C/c2ccc(OC(=O)[C@H](CCC(=O)O)NC(=O)C(Cl)Cl)c(OC)c2)ccc1OC(=O)[C@H](CCC(=O)O)NC(=O)C(Cl)Cl. The molecule has 0 aliphatic rings. The van der Waals surface area contributed by atoms with Crippen molar-refractivity contribution in [2.75, 3.05) is 14.2 Å². The molecule has 2 atom stereocenters. The molecule has 0 bridgehead atoms. The van der Waals surface area contributed by atoms with Crippen molar-refractivity contribution in [2.45, 2.75) is 53.9 Å². The zero-order valence-electron chi connectivity index (χ0n) is 28.9. The fraction of sp³-hybridized carbons (Fsp3) is 0.314. The van der Waals surface area contributed by atoms with Gasteiger partial charge in [0.2, 0.25) is 0 Å². The van der Waals surface area contributed by atoms with Crippen LogP contribution < -0.4 is 29.6 Å². The summed E-state index contributed by atoms with van der Waals surface area (Å²) in [6.45, 7) is 0. The smallest absolute Gasteiger partial charge is 0.334 e.